The molecule has 2 aliphatic rings. The molecule has 1 aromatic carbocycles. The summed E-state index contributed by atoms with van der Waals surface area (Å²) in [5.41, 5.74) is 3.71. The Labute approximate surface area is 168 Å². The first-order valence-electron chi connectivity index (χ1n) is 9.52. The number of thioether (sulfide) groups is 1. The summed E-state index contributed by atoms with van der Waals surface area (Å²) in [5, 5.41) is 10.6. The number of hydrogen-bond acceptors (Lipinski definition) is 3. The van der Waals surface area contributed by atoms with Crippen molar-refractivity contribution in [1.29, 1.82) is 0 Å². The molecule has 2 atom stereocenters. The smallest absolute Gasteiger partial charge is 0.251 e. The standard InChI is InChI=1S/C22H24ClNO2S/c1-27-21-9-5-15(12-19(21)23)18(11-13-2-6-16(25)10-13)20-8-7-17(14-3-4-14)22(26)24-20/h5,7-9,11-14,16,25H,2-4,6,10H2,1H3,(H,24,26)/b18-11-/t13-,16?/m0/s1. The van der Waals surface area contributed by atoms with E-state index in [1.165, 1.54) is 0 Å². The molecule has 0 spiro atoms. The van der Waals surface area contributed by atoms with Gasteiger partial charge in [0.05, 0.1) is 11.1 Å². The highest BCUT2D eigenvalue weighted by molar-refractivity contribution is 7.98. The third-order valence-electron chi connectivity index (χ3n) is 5.56. The lowest BCUT2D eigenvalue weighted by atomic mass is 9.95. The predicted molar refractivity (Wildman–Crippen MR) is 113 cm³/mol. The number of H-pyrrole nitrogens is 1. The van der Waals surface area contributed by atoms with Crippen LogP contribution in [0, 0.1) is 5.92 Å². The van der Waals surface area contributed by atoms with Crippen LogP contribution in [0.4, 0.5) is 0 Å². The zero-order chi connectivity index (χ0) is 19.0. The van der Waals surface area contributed by atoms with Crippen LogP contribution < -0.4 is 5.56 Å². The lowest BCUT2D eigenvalue weighted by molar-refractivity contribution is 0.180. The Hall–Kier alpha value is -1.49. The first kappa shape index (κ1) is 18.9. The van der Waals surface area contributed by atoms with Crippen LogP contribution >= 0.6 is 23.4 Å². The number of halogens is 1. The number of aromatic amines is 1. The Morgan fingerprint density at radius 3 is 2.63 bits per heavy atom. The average Bonchev–Trinajstić information content (AvgIpc) is 3.41. The number of aliphatic hydroxyl groups excluding tert-OH is 1. The molecule has 4 rings (SSSR count). The van der Waals surface area contributed by atoms with Crippen molar-refractivity contribution < 1.29 is 5.11 Å². The number of hydrogen-bond donors (Lipinski definition) is 2. The third-order valence-corrected chi connectivity index (χ3v) is 6.78. The minimum Gasteiger partial charge on any atom is -0.393 e. The number of pyridine rings is 1. The van der Waals surface area contributed by atoms with Crippen molar-refractivity contribution in [2.75, 3.05) is 6.26 Å². The lowest BCUT2D eigenvalue weighted by Gasteiger charge is -2.14. The first-order valence-corrected chi connectivity index (χ1v) is 11.1. The number of benzene rings is 1. The Kier molecular flexibility index (Phi) is 5.49. The van der Waals surface area contributed by atoms with E-state index in [0.29, 0.717) is 16.9 Å². The fraction of sp³-hybridized carbons (Fsp3) is 0.409. The van der Waals surface area contributed by atoms with Crippen LogP contribution in [0.1, 0.15) is 54.8 Å². The van der Waals surface area contributed by atoms with Crippen molar-refractivity contribution in [2.24, 2.45) is 5.92 Å². The molecule has 0 aliphatic heterocycles. The number of aliphatic hydroxyl groups is 1. The van der Waals surface area contributed by atoms with E-state index >= 15 is 0 Å². The van der Waals surface area contributed by atoms with Crippen LogP contribution in [0.2, 0.25) is 5.02 Å². The number of rotatable bonds is 5. The Morgan fingerprint density at radius 1 is 1.22 bits per heavy atom. The normalized spacial score (nSPS) is 23.0. The van der Waals surface area contributed by atoms with Gasteiger partial charge in [-0.05, 0) is 74.0 Å². The number of aromatic nitrogens is 1. The second-order valence-electron chi connectivity index (χ2n) is 7.59. The molecule has 1 unspecified atom stereocenters. The van der Waals surface area contributed by atoms with Crippen molar-refractivity contribution in [3.63, 3.8) is 0 Å². The Morgan fingerprint density at radius 2 is 2.04 bits per heavy atom. The van der Waals surface area contributed by atoms with E-state index in [9.17, 15) is 9.90 Å². The van der Waals surface area contributed by atoms with Crippen molar-refractivity contribution in [3.05, 3.63) is 68.6 Å². The van der Waals surface area contributed by atoms with E-state index in [4.69, 9.17) is 11.6 Å². The van der Waals surface area contributed by atoms with Gasteiger partial charge in [-0.2, -0.15) is 0 Å². The maximum Gasteiger partial charge on any atom is 0.251 e. The molecule has 1 heterocycles. The van der Waals surface area contributed by atoms with E-state index in [-0.39, 0.29) is 11.7 Å². The van der Waals surface area contributed by atoms with Gasteiger partial charge in [0.25, 0.3) is 5.56 Å². The molecule has 2 N–H and O–H groups in total. The highest BCUT2D eigenvalue weighted by Crippen LogP contribution is 2.39. The molecule has 3 nitrogen and oxygen atoms in total. The summed E-state index contributed by atoms with van der Waals surface area (Å²) in [6.45, 7) is 0. The lowest BCUT2D eigenvalue weighted by Crippen LogP contribution is -2.13. The molecular formula is C22H24ClNO2S. The fourth-order valence-electron chi connectivity index (χ4n) is 3.91. The third kappa shape index (κ3) is 4.18. The molecular weight excluding hydrogens is 378 g/mol. The van der Waals surface area contributed by atoms with Gasteiger partial charge in [0.2, 0.25) is 0 Å². The molecule has 0 radical (unpaired) electrons. The zero-order valence-electron chi connectivity index (χ0n) is 15.4. The summed E-state index contributed by atoms with van der Waals surface area (Å²) >= 11 is 8.06. The summed E-state index contributed by atoms with van der Waals surface area (Å²) < 4.78 is 0. The van der Waals surface area contributed by atoms with Crippen LogP contribution in [0.25, 0.3) is 5.57 Å². The van der Waals surface area contributed by atoms with Gasteiger partial charge < -0.3 is 10.1 Å². The second kappa shape index (κ2) is 7.86. The molecule has 0 bridgehead atoms. The Bertz CT molecular complexity index is 932. The van der Waals surface area contributed by atoms with Gasteiger partial charge in [0.1, 0.15) is 0 Å². The van der Waals surface area contributed by atoms with E-state index in [1.807, 2.05) is 30.5 Å². The summed E-state index contributed by atoms with van der Waals surface area (Å²) in [7, 11) is 0. The van der Waals surface area contributed by atoms with Gasteiger partial charge >= 0.3 is 0 Å². The molecule has 2 saturated carbocycles. The van der Waals surface area contributed by atoms with Crippen molar-refractivity contribution in [1.82, 2.24) is 4.98 Å². The number of nitrogens with one attached hydrogen (secondary N) is 1. The zero-order valence-corrected chi connectivity index (χ0v) is 16.9. The van der Waals surface area contributed by atoms with Crippen LogP contribution in [-0.2, 0) is 0 Å². The minimum atomic E-state index is -0.230. The SMILES string of the molecule is CSc1ccc(/C(=C/[C@H]2CCC(O)C2)c2ccc(C3CC3)c(=O)[nH]2)cc1Cl. The first-order chi connectivity index (χ1) is 13.0. The van der Waals surface area contributed by atoms with Gasteiger partial charge in [-0.25, -0.2) is 0 Å². The molecule has 142 valence electrons. The Balaban J connectivity index is 1.76. The van der Waals surface area contributed by atoms with Gasteiger partial charge in [-0.3, -0.25) is 4.79 Å². The van der Waals surface area contributed by atoms with Crippen LogP contribution in [0.15, 0.2) is 46.1 Å². The minimum absolute atomic E-state index is 0.0131. The summed E-state index contributed by atoms with van der Waals surface area (Å²) in [6, 6.07) is 10.0. The van der Waals surface area contributed by atoms with E-state index in [1.54, 1.807) is 11.8 Å². The molecule has 5 heteroatoms. The largest absolute Gasteiger partial charge is 0.393 e. The molecule has 2 aromatic rings. The molecule has 0 amide bonds. The quantitative estimate of drug-likeness (QED) is 0.675. The van der Waals surface area contributed by atoms with Gasteiger partial charge in [0.15, 0.2) is 0 Å². The summed E-state index contributed by atoms with van der Waals surface area (Å²) in [6.07, 6.45) is 8.75. The molecule has 1 aromatic heterocycles. The van der Waals surface area contributed by atoms with Gasteiger partial charge in [-0.1, -0.05) is 29.8 Å². The summed E-state index contributed by atoms with van der Waals surface area (Å²) in [5.74, 6) is 0.733. The van der Waals surface area contributed by atoms with Gasteiger partial charge in [0, 0.05) is 21.7 Å². The monoisotopic (exact) mass is 401 g/mol. The second-order valence-corrected chi connectivity index (χ2v) is 8.84. The van der Waals surface area contributed by atoms with Crippen molar-refractivity contribution in [2.45, 2.75) is 49.0 Å². The van der Waals surface area contributed by atoms with E-state index in [0.717, 1.165) is 59.4 Å². The average molecular weight is 402 g/mol. The van der Waals surface area contributed by atoms with Crippen molar-refractivity contribution in [3.8, 4) is 0 Å². The van der Waals surface area contributed by atoms with Crippen LogP contribution in [-0.4, -0.2) is 22.5 Å². The predicted octanol–water partition coefficient (Wildman–Crippen LogP) is 5.22. The van der Waals surface area contributed by atoms with E-state index in [2.05, 4.69) is 17.1 Å². The molecule has 2 fully saturated rings. The molecule has 2 aliphatic carbocycles. The maximum absolute atomic E-state index is 12.6. The topological polar surface area (TPSA) is 53.1 Å². The van der Waals surface area contributed by atoms with E-state index < -0.39 is 0 Å². The van der Waals surface area contributed by atoms with Crippen LogP contribution in [0.5, 0.6) is 0 Å². The molecule has 0 saturated heterocycles. The number of allylic oxidation sites excluding steroid dienone is 1. The highest BCUT2D eigenvalue weighted by atomic mass is 35.5. The fourth-order valence-corrected chi connectivity index (χ4v) is 4.78. The van der Waals surface area contributed by atoms with Gasteiger partial charge in [-0.15, -0.1) is 11.8 Å². The summed E-state index contributed by atoms with van der Waals surface area (Å²) in [4.78, 5) is 16.7. The molecule has 27 heavy (non-hydrogen) atoms. The maximum atomic E-state index is 12.6. The highest BCUT2D eigenvalue weighted by Gasteiger charge is 2.27. The van der Waals surface area contributed by atoms with Crippen LogP contribution in [0.3, 0.4) is 0 Å². The van der Waals surface area contributed by atoms with Crippen molar-refractivity contribution >= 4 is 28.9 Å².